The Morgan fingerprint density at radius 3 is 2.71 bits per heavy atom. The Morgan fingerprint density at radius 2 is 2.10 bits per heavy atom. The van der Waals surface area contributed by atoms with Gasteiger partial charge >= 0.3 is 5.97 Å². The molecule has 0 spiro atoms. The molecule has 1 atom stereocenters. The molecule has 114 valence electrons. The molecule has 1 aromatic rings. The van der Waals surface area contributed by atoms with Crippen molar-refractivity contribution in [2.75, 3.05) is 20.2 Å². The number of benzene rings is 1. The third kappa shape index (κ3) is 2.88. The Labute approximate surface area is 121 Å². The van der Waals surface area contributed by atoms with Crippen molar-refractivity contribution in [2.45, 2.75) is 11.3 Å². The normalized spacial score (nSPS) is 19.4. The van der Waals surface area contributed by atoms with Crippen LogP contribution >= 0.6 is 0 Å². The first kappa shape index (κ1) is 15.4. The van der Waals surface area contributed by atoms with E-state index < -0.39 is 32.5 Å². The third-order valence-corrected chi connectivity index (χ3v) is 5.28. The molecule has 1 aromatic carbocycles. The lowest BCUT2D eigenvalue weighted by molar-refractivity contribution is -0.387. The van der Waals surface area contributed by atoms with E-state index >= 15 is 0 Å². The molecule has 1 aliphatic rings. The zero-order chi connectivity index (χ0) is 15.6. The van der Waals surface area contributed by atoms with Crippen molar-refractivity contribution >= 4 is 21.7 Å². The highest BCUT2D eigenvalue weighted by atomic mass is 32.2. The van der Waals surface area contributed by atoms with Crippen molar-refractivity contribution < 1.29 is 22.9 Å². The van der Waals surface area contributed by atoms with E-state index in [2.05, 4.69) is 4.74 Å². The molecule has 0 bridgehead atoms. The minimum atomic E-state index is -4.01. The van der Waals surface area contributed by atoms with E-state index in [1.54, 1.807) is 0 Å². The molecule has 0 N–H and O–H groups in total. The van der Waals surface area contributed by atoms with E-state index in [1.165, 1.54) is 25.3 Å². The van der Waals surface area contributed by atoms with Crippen LogP contribution in [0.4, 0.5) is 5.69 Å². The lowest BCUT2D eigenvalue weighted by Crippen LogP contribution is -2.30. The molecule has 0 radical (unpaired) electrons. The first-order chi connectivity index (χ1) is 9.87. The van der Waals surface area contributed by atoms with E-state index in [1.807, 2.05) is 0 Å². The van der Waals surface area contributed by atoms with Crippen LogP contribution in [-0.2, 0) is 19.6 Å². The van der Waals surface area contributed by atoms with Crippen LogP contribution in [0.5, 0.6) is 0 Å². The predicted molar refractivity (Wildman–Crippen MR) is 72.0 cm³/mol. The number of nitrogens with zero attached hydrogens (tertiary/aromatic N) is 2. The van der Waals surface area contributed by atoms with Crippen molar-refractivity contribution in [1.82, 2.24) is 4.31 Å². The van der Waals surface area contributed by atoms with Gasteiger partial charge < -0.3 is 4.74 Å². The van der Waals surface area contributed by atoms with Crippen LogP contribution in [-0.4, -0.2) is 43.8 Å². The maximum absolute atomic E-state index is 12.5. The van der Waals surface area contributed by atoms with Gasteiger partial charge in [0.05, 0.1) is 18.0 Å². The first-order valence-corrected chi connectivity index (χ1v) is 7.63. The van der Waals surface area contributed by atoms with Gasteiger partial charge in [-0.05, 0) is 12.5 Å². The summed E-state index contributed by atoms with van der Waals surface area (Å²) in [5.41, 5.74) is -0.473. The highest BCUT2D eigenvalue weighted by molar-refractivity contribution is 7.89. The van der Waals surface area contributed by atoms with Crippen molar-refractivity contribution in [3.8, 4) is 0 Å². The monoisotopic (exact) mass is 314 g/mol. The second-order valence-electron chi connectivity index (χ2n) is 4.60. The van der Waals surface area contributed by atoms with Crippen molar-refractivity contribution in [1.29, 1.82) is 0 Å². The van der Waals surface area contributed by atoms with Crippen LogP contribution in [0, 0.1) is 16.0 Å². The smallest absolute Gasteiger partial charge is 0.310 e. The van der Waals surface area contributed by atoms with Crippen LogP contribution < -0.4 is 0 Å². The number of para-hydroxylation sites is 1. The van der Waals surface area contributed by atoms with Crippen LogP contribution in [0.3, 0.4) is 0 Å². The van der Waals surface area contributed by atoms with Crippen LogP contribution in [0.2, 0.25) is 0 Å². The number of methoxy groups -OCH3 is 1. The molecule has 8 nitrogen and oxygen atoms in total. The minimum absolute atomic E-state index is 0.0267. The lowest BCUT2D eigenvalue weighted by Gasteiger charge is -2.16. The van der Waals surface area contributed by atoms with Crippen LogP contribution in [0.25, 0.3) is 0 Å². The molecule has 1 unspecified atom stereocenters. The summed E-state index contributed by atoms with van der Waals surface area (Å²) in [7, 11) is -2.77. The number of ether oxygens (including phenoxy) is 1. The highest BCUT2D eigenvalue weighted by Crippen LogP contribution is 2.30. The molecule has 21 heavy (non-hydrogen) atoms. The van der Waals surface area contributed by atoms with Gasteiger partial charge in [-0.2, -0.15) is 4.31 Å². The molecule has 2 rings (SSSR count). The number of carbonyl (C=O) groups excluding carboxylic acids is 1. The molecule has 0 saturated carbocycles. The molecular formula is C12H14N2O6S. The molecule has 0 aromatic heterocycles. The van der Waals surface area contributed by atoms with E-state index in [0.29, 0.717) is 6.42 Å². The van der Waals surface area contributed by atoms with Crippen LogP contribution in [0.15, 0.2) is 29.2 Å². The number of carbonyl (C=O) groups is 1. The lowest BCUT2D eigenvalue weighted by atomic mass is 10.1. The Bertz CT molecular complexity index is 672. The van der Waals surface area contributed by atoms with Gasteiger partial charge in [-0.15, -0.1) is 0 Å². The van der Waals surface area contributed by atoms with Gasteiger partial charge in [0.15, 0.2) is 4.90 Å². The standard InChI is InChI=1S/C12H14N2O6S/c1-20-12(15)9-6-7-13(8-9)21(18,19)11-5-3-2-4-10(11)14(16)17/h2-5,9H,6-8H2,1H3. The molecule has 9 heteroatoms. The molecule has 0 aliphatic carbocycles. The zero-order valence-electron chi connectivity index (χ0n) is 11.3. The summed E-state index contributed by atoms with van der Waals surface area (Å²) in [6.07, 6.45) is 0.340. The topological polar surface area (TPSA) is 107 Å². The highest BCUT2D eigenvalue weighted by Gasteiger charge is 2.38. The number of nitro benzene ring substituents is 1. The van der Waals surface area contributed by atoms with Gasteiger partial charge in [0.25, 0.3) is 5.69 Å². The third-order valence-electron chi connectivity index (χ3n) is 3.37. The van der Waals surface area contributed by atoms with E-state index in [4.69, 9.17) is 0 Å². The summed E-state index contributed by atoms with van der Waals surface area (Å²) in [5.74, 6) is -1.01. The van der Waals surface area contributed by atoms with Gasteiger partial charge in [0.1, 0.15) is 0 Å². The fraction of sp³-hybridized carbons (Fsp3) is 0.417. The van der Waals surface area contributed by atoms with Crippen LogP contribution in [0.1, 0.15) is 6.42 Å². The molecule has 0 amide bonds. The Morgan fingerprint density at radius 1 is 1.43 bits per heavy atom. The van der Waals surface area contributed by atoms with E-state index in [0.717, 1.165) is 10.4 Å². The fourth-order valence-corrected chi connectivity index (χ4v) is 3.93. The minimum Gasteiger partial charge on any atom is -0.469 e. The quantitative estimate of drug-likeness (QED) is 0.462. The molecule has 1 fully saturated rings. The Kier molecular flexibility index (Phi) is 4.24. The largest absolute Gasteiger partial charge is 0.469 e. The number of nitro groups is 1. The summed E-state index contributed by atoms with van der Waals surface area (Å²) in [6, 6.07) is 5.16. The Balaban J connectivity index is 2.32. The number of sulfonamides is 1. The van der Waals surface area contributed by atoms with Crippen molar-refractivity contribution in [2.24, 2.45) is 5.92 Å². The summed E-state index contributed by atoms with van der Waals surface area (Å²) in [4.78, 5) is 21.3. The zero-order valence-corrected chi connectivity index (χ0v) is 12.1. The van der Waals surface area contributed by atoms with Gasteiger partial charge in [-0.25, -0.2) is 8.42 Å². The number of esters is 1. The predicted octanol–water partition coefficient (Wildman–Crippen LogP) is 0.778. The second kappa shape index (κ2) is 5.78. The van der Waals surface area contributed by atoms with Gasteiger partial charge in [-0.3, -0.25) is 14.9 Å². The maximum atomic E-state index is 12.5. The van der Waals surface area contributed by atoms with Gasteiger partial charge in [0, 0.05) is 19.2 Å². The van der Waals surface area contributed by atoms with E-state index in [-0.39, 0.29) is 18.0 Å². The summed E-state index contributed by atoms with van der Waals surface area (Å²) in [5, 5.41) is 11.0. The van der Waals surface area contributed by atoms with Crippen molar-refractivity contribution in [3.05, 3.63) is 34.4 Å². The number of hydrogen-bond donors (Lipinski definition) is 0. The average molecular weight is 314 g/mol. The first-order valence-electron chi connectivity index (χ1n) is 6.19. The second-order valence-corrected chi connectivity index (χ2v) is 6.50. The number of rotatable bonds is 4. The summed E-state index contributed by atoms with van der Waals surface area (Å²) in [6.45, 7) is 0.106. The summed E-state index contributed by atoms with van der Waals surface area (Å²) < 4.78 is 30.6. The van der Waals surface area contributed by atoms with E-state index in [9.17, 15) is 23.3 Å². The maximum Gasteiger partial charge on any atom is 0.310 e. The van der Waals surface area contributed by atoms with Gasteiger partial charge in [-0.1, -0.05) is 12.1 Å². The Hall–Kier alpha value is -2.00. The number of hydrogen-bond acceptors (Lipinski definition) is 6. The molecular weight excluding hydrogens is 300 g/mol. The molecule has 1 aliphatic heterocycles. The summed E-state index contributed by atoms with van der Waals surface area (Å²) >= 11 is 0. The van der Waals surface area contributed by atoms with Crippen molar-refractivity contribution in [3.63, 3.8) is 0 Å². The van der Waals surface area contributed by atoms with Gasteiger partial charge in [0.2, 0.25) is 10.0 Å². The average Bonchev–Trinajstić information content (AvgIpc) is 2.97. The molecule has 1 saturated heterocycles. The SMILES string of the molecule is COC(=O)C1CCN(S(=O)(=O)c2ccccc2[N+](=O)[O-])C1. The fourth-order valence-electron chi connectivity index (χ4n) is 2.27. The molecule has 1 heterocycles.